The van der Waals surface area contributed by atoms with E-state index in [1.54, 1.807) is 29.5 Å². The van der Waals surface area contributed by atoms with E-state index in [4.69, 9.17) is 0 Å². The van der Waals surface area contributed by atoms with Crippen molar-refractivity contribution in [1.29, 1.82) is 0 Å². The zero-order chi connectivity index (χ0) is 25.1. The van der Waals surface area contributed by atoms with Crippen LogP contribution in [0.25, 0.3) is 43.7 Å². The summed E-state index contributed by atoms with van der Waals surface area (Å²) in [5.74, 6) is -0.372. The Hall–Kier alpha value is -4.28. The molecule has 3 nitrogen and oxygen atoms in total. The topological polar surface area (TPSA) is 39.1 Å². The standard InChI is InChI=1S/C33H21NO2S/c1-33(2)26-17-19(16-25-30(35)22-12-5-6-13-23(22)31(25)36)37-32(26)34-27-14-8-7-11-21(27)24-15-18-9-3-4-10-20(18)28(33)29(24)34/h3-17H,1-2H3. The lowest BCUT2D eigenvalue weighted by atomic mass is 9.74. The molecule has 0 N–H and O–H groups in total. The molecule has 176 valence electrons. The summed E-state index contributed by atoms with van der Waals surface area (Å²) in [5.41, 5.74) is 5.94. The summed E-state index contributed by atoms with van der Waals surface area (Å²) in [4.78, 5) is 27.1. The minimum absolute atomic E-state index is 0.186. The smallest absolute Gasteiger partial charge is 0.197 e. The monoisotopic (exact) mass is 495 g/mol. The van der Waals surface area contributed by atoms with Gasteiger partial charge in [-0.25, -0.2) is 0 Å². The first kappa shape index (κ1) is 20.9. The summed E-state index contributed by atoms with van der Waals surface area (Å²) in [7, 11) is 0. The third-order valence-corrected chi connectivity index (χ3v) is 9.17. The van der Waals surface area contributed by atoms with Crippen LogP contribution >= 0.6 is 11.3 Å². The van der Waals surface area contributed by atoms with Gasteiger partial charge in [0.2, 0.25) is 0 Å². The summed E-state index contributed by atoms with van der Waals surface area (Å²) in [6, 6.07) is 28.8. The number of hydrogen-bond donors (Lipinski definition) is 0. The molecule has 0 amide bonds. The van der Waals surface area contributed by atoms with Crippen molar-refractivity contribution in [1.82, 2.24) is 4.57 Å². The Morgan fingerprint density at radius 3 is 2.16 bits per heavy atom. The number of Topliss-reactive ketones (excluding diaryl/α,β-unsaturated/α-hetero) is 2. The molecule has 4 heteroatoms. The number of fused-ring (bicyclic) bond motifs is 8. The highest BCUT2D eigenvalue weighted by Crippen LogP contribution is 2.52. The lowest BCUT2D eigenvalue weighted by Gasteiger charge is -2.33. The first-order chi connectivity index (χ1) is 17.9. The maximum atomic E-state index is 13.1. The molecule has 1 aliphatic heterocycles. The van der Waals surface area contributed by atoms with Gasteiger partial charge in [-0.3, -0.25) is 9.59 Å². The molecular weight excluding hydrogens is 474 g/mol. The molecule has 0 spiro atoms. The molecule has 8 rings (SSSR count). The van der Waals surface area contributed by atoms with E-state index in [2.05, 4.69) is 79.1 Å². The summed E-state index contributed by atoms with van der Waals surface area (Å²) in [5, 5.41) is 6.14. The maximum Gasteiger partial charge on any atom is 0.197 e. The van der Waals surface area contributed by atoms with Crippen molar-refractivity contribution in [2.75, 3.05) is 0 Å². The van der Waals surface area contributed by atoms with Crippen LogP contribution in [0.3, 0.4) is 0 Å². The number of ketones is 2. The Bertz CT molecular complexity index is 2010. The number of carbonyl (C=O) groups is 2. The van der Waals surface area contributed by atoms with E-state index in [1.165, 1.54) is 43.7 Å². The average Bonchev–Trinajstić information content (AvgIpc) is 3.55. The quantitative estimate of drug-likeness (QED) is 0.171. The fourth-order valence-corrected chi connectivity index (χ4v) is 7.68. The second-order valence-corrected chi connectivity index (χ2v) is 11.5. The van der Waals surface area contributed by atoms with Crippen molar-refractivity contribution in [2.24, 2.45) is 0 Å². The Morgan fingerprint density at radius 1 is 0.757 bits per heavy atom. The van der Waals surface area contributed by atoms with Gasteiger partial charge in [0, 0.05) is 32.2 Å². The van der Waals surface area contributed by atoms with Crippen LogP contribution < -0.4 is 0 Å². The van der Waals surface area contributed by atoms with Crippen LogP contribution in [0.2, 0.25) is 0 Å². The highest BCUT2D eigenvalue weighted by molar-refractivity contribution is 7.15. The van der Waals surface area contributed by atoms with Gasteiger partial charge in [0.15, 0.2) is 11.6 Å². The number of hydrogen-bond acceptors (Lipinski definition) is 3. The molecule has 0 fully saturated rings. The molecule has 2 aliphatic rings. The minimum atomic E-state index is -0.265. The van der Waals surface area contributed by atoms with E-state index >= 15 is 0 Å². The molecule has 0 saturated heterocycles. The van der Waals surface area contributed by atoms with Crippen LogP contribution in [0.5, 0.6) is 0 Å². The average molecular weight is 496 g/mol. The highest BCUT2D eigenvalue weighted by Gasteiger charge is 2.39. The van der Waals surface area contributed by atoms with Gasteiger partial charge < -0.3 is 4.57 Å². The molecular formula is C33H21NO2S. The van der Waals surface area contributed by atoms with Crippen molar-refractivity contribution in [3.8, 4) is 5.00 Å². The third-order valence-electron chi connectivity index (χ3n) is 8.11. The molecule has 0 saturated carbocycles. The third kappa shape index (κ3) is 2.55. The molecule has 6 aromatic rings. The van der Waals surface area contributed by atoms with Crippen LogP contribution in [-0.2, 0) is 5.41 Å². The predicted octanol–water partition coefficient (Wildman–Crippen LogP) is 8.10. The van der Waals surface area contributed by atoms with E-state index in [-0.39, 0.29) is 22.6 Å². The van der Waals surface area contributed by atoms with Crippen LogP contribution in [0.15, 0.2) is 90.5 Å². The lowest BCUT2D eigenvalue weighted by Crippen LogP contribution is -2.25. The van der Waals surface area contributed by atoms with Crippen molar-refractivity contribution < 1.29 is 9.59 Å². The van der Waals surface area contributed by atoms with Gasteiger partial charge in [-0.1, -0.05) is 80.6 Å². The van der Waals surface area contributed by atoms with Crippen molar-refractivity contribution >= 4 is 61.6 Å². The lowest BCUT2D eigenvalue weighted by molar-refractivity contribution is 0.0990. The van der Waals surface area contributed by atoms with Gasteiger partial charge >= 0.3 is 0 Å². The molecule has 0 bridgehead atoms. The molecule has 0 atom stereocenters. The molecule has 4 aromatic carbocycles. The van der Waals surface area contributed by atoms with Gasteiger partial charge in [0.05, 0.1) is 16.6 Å². The van der Waals surface area contributed by atoms with Crippen molar-refractivity contribution in [3.05, 3.63) is 118 Å². The number of carbonyl (C=O) groups excluding carboxylic acids is 2. The van der Waals surface area contributed by atoms with Crippen molar-refractivity contribution in [3.63, 3.8) is 0 Å². The highest BCUT2D eigenvalue weighted by atomic mass is 32.1. The number of nitrogens with zero attached hydrogens (tertiary/aromatic N) is 1. The molecule has 2 aromatic heterocycles. The summed E-state index contributed by atoms with van der Waals surface area (Å²) in [6.07, 6.45) is 1.80. The summed E-state index contributed by atoms with van der Waals surface area (Å²) in [6.45, 7) is 4.58. The summed E-state index contributed by atoms with van der Waals surface area (Å²) >= 11 is 1.65. The first-order valence-electron chi connectivity index (χ1n) is 12.5. The largest absolute Gasteiger partial charge is 0.300 e. The fraction of sp³-hybridized carbons (Fsp3) is 0.0909. The number of para-hydroxylation sites is 1. The van der Waals surface area contributed by atoms with E-state index < -0.39 is 0 Å². The number of allylic oxidation sites excluding steroid dienone is 1. The van der Waals surface area contributed by atoms with Crippen LogP contribution in [0, 0.1) is 0 Å². The number of rotatable bonds is 1. The number of thiophene rings is 1. The van der Waals surface area contributed by atoms with E-state index in [0.717, 1.165) is 9.88 Å². The zero-order valence-electron chi connectivity index (χ0n) is 20.3. The molecule has 1 aliphatic carbocycles. The number of aromatic nitrogens is 1. The SMILES string of the molecule is CC1(C)c2cc(C=C3C(=O)c4ccccc4C3=O)sc2-n2c3ccccc3c3cc4ccccc4c1c32. The molecule has 0 unspecified atom stereocenters. The number of benzene rings is 4. The van der Waals surface area contributed by atoms with Gasteiger partial charge in [-0.2, -0.15) is 0 Å². The predicted molar refractivity (Wildman–Crippen MR) is 151 cm³/mol. The Kier molecular flexibility index (Phi) is 3.91. The normalized spacial score (nSPS) is 15.6. The molecule has 3 heterocycles. The van der Waals surface area contributed by atoms with Crippen LogP contribution in [0.1, 0.15) is 50.6 Å². The van der Waals surface area contributed by atoms with Gasteiger partial charge in [0.25, 0.3) is 0 Å². The van der Waals surface area contributed by atoms with Gasteiger partial charge in [-0.05, 0) is 46.2 Å². The Balaban J connectivity index is 1.44. The van der Waals surface area contributed by atoms with Crippen LogP contribution in [0.4, 0.5) is 0 Å². The van der Waals surface area contributed by atoms with E-state index in [1.807, 2.05) is 12.1 Å². The van der Waals surface area contributed by atoms with Crippen LogP contribution in [-0.4, -0.2) is 16.1 Å². The second-order valence-electron chi connectivity index (χ2n) is 10.5. The van der Waals surface area contributed by atoms with Crippen molar-refractivity contribution in [2.45, 2.75) is 19.3 Å². The fourth-order valence-electron chi connectivity index (χ4n) is 6.40. The Morgan fingerprint density at radius 2 is 1.41 bits per heavy atom. The molecule has 0 radical (unpaired) electrons. The first-order valence-corrected chi connectivity index (χ1v) is 13.3. The summed E-state index contributed by atoms with van der Waals surface area (Å²) < 4.78 is 2.40. The van der Waals surface area contributed by atoms with E-state index in [0.29, 0.717) is 11.1 Å². The Labute approximate surface area is 217 Å². The van der Waals surface area contributed by atoms with E-state index in [9.17, 15) is 9.59 Å². The zero-order valence-corrected chi connectivity index (χ0v) is 21.1. The minimum Gasteiger partial charge on any atom is -0.300 e. The second kappa shape index (κ2) is 6.93. The molecule has 37 heavy (non-hydrogen) atoms. The maximum absolute atomic E-state index is 13.1. The van der Waals surface area contributed by atoms with Gasteiger partial charge in [-0.15, -0.1) is 11.3 Å². The van der Waals surface area contributed by atoms with Gasteiger partial charge in [0.1, 0.15) is 5.00 Å².